The Morgan fingerprint density at radius 2 is 1.94 bits per heavy atom. The average Bonchev–Trinajstić information content (AvgIpc) is 3.11. The third kappa shape index (κ3) is 4.04. The standard InChI is InChI=1S/C27H28F3NO3/c1-16-24-22(25(32)34-16)14-18-5-2-3-8-23(18)26(24,33)12-11-21-10-9-19(15-31-21)17-6-4-7-20(13-17)27(28,29)30/h4,6-7,9-13,15-16,18,22-24,33H,2-3,5,8,14H2,1H3/b12-11+/t16-,18?,22?,23?,24?,26?/m1/s1. The van der Waals surface area contributed by atoms with Gasteiger partial charge < -0.3 is 9.84 Å². The molecule has 2 aromatic rings. The van der Waals surface area contributed by atoms with E-state index < -0.39 is 17.3 Å². The van der Waals surface area contributed by atoms with Crippen molar-refractivity contribution in [1.82, 2.24) is 4.98 Å². The van der Waals surface area contributed by atoms with Gasteiger partial charge in [-0.25, -0.2) is 0 Å². The lowest BCUT2D eigenvalue weighted by atomic mass is 9.55. The van der Waals surface area contributed by atoms with Crippen LogP contribution in [0.3, 0.4) is 0 Å². The molecule has 2 heterocycles. The minimum Gasteiger partial charge on any atom is -0.462 e. The summed E-state index contributed by atoms with van der Waals surface area (Å²) in [6, 6.07) is 8.61. The molecule has 0 bridgehead atoms. The number of carbonyl (C=O) groups excluding carboxylic acids is 1. The number of hydrogen-bond donors (Lipinski definition) is 1. The monoisotopic (exact) mass is 471 g/mol. The Kier molecular flexibility index (Phi) is 5.79. The second kappa shape index (κ2) is 8.52. The van der Waals surface area contributed by atoms with Gasteiger partial charge in [0.05, 0.1) is 22.8 Å². The summed E-state index contributed by atoms with van der Waals surface area (Å²) in [7, 11) is 0. The van der Waals surface area contributed by atoms with Gasteiger partial charge in [0.15, 0.2) is 0 Å². The first-order valence-corrected chi connectivity index (χ1v) is 11.9. The average molecular weight is 472 g/mol. The van der Waals surface area contributed by atoms with Crippen molar-refractivity contribution in [3.05, 3.63) is 59.9 Å². The van der Waals surface area contributed by atoms with E-state index >= 15 is 0 Å². The quantitative estimate of drug-likeness (QED) is 0.567. The number of pyridine rings is 1. The molecule has 0 amide bonds. The van der Waals surface area contributed by atoms with Crippen LogP contribution >= 0.6 is 0 Å². The van der Waals surface area contributed by atoms with Crippen molar-refractivity contribution in [3.8, 4) is 11.1 Å². The van der Waals surface area contributed by atoms with Crippen LogP contribution in [0, 0.1) is 23.7 Å². The van der Waals surface area contributed by atoms with E-state index in [4.69, 9.17) is 4.74 Å². The predicted molar refractivity (Wildman–Crippen MR) is 121 cm³/mol. The minimum atomic E-state index is -4.40. The Hall–Kier alpha value is -2.67. The number of hydrogen-bond acceptors (Lipinski definition) is 4. The number of aromatic nitrogens is 1. The highest BCUT2D eigenvalue weighted by molar-refractivity contribution is 5.76. The van der Waals surface area contributed by atoms with Crippen molar-refractivity contribution in [3.63, 3.8) is 0 Å². The molecule has 1 aromatic carbocycles. The zero-order valence-electron chi connectivity index (χ0n) is 19.0. The Labute approximate surface area is 196 Å². The van der Waals surface area contributed by atoms with E-state index in [1.807, 2.05) is 6.92 Å². The minimum absolute atomic E-state index is 0.0695. The van der Waals surface area contributed by atoms with Crippen molar-refractivity contribution in [1.29, 1.82) is 0 Å². The number of aliphatic hydroxyl groups is 1. The lowest BCUT2D eigenvalue weighted by Crippen LogP contribution is -2.56. The number of benzene rings is 1. The molecule has 3 aliphatic rings. The lowest BCUT2D eigenvalue weighted by molar-refractivity contribution is -0.145. The number of carbonyl (C=O) groups is 1. The van der Waals surface area contributed by atoms with E-state index in [0.29, 0.717) is 22.7 Å². The van der Waals surface area contributed by atoms with Crippen LogP contribution in [0.2, 0.25) is 0 Å². The fraction of sp³-hybridized carbons (Fsp3) is 0.481. The number of alkyl halides is 3. The molecule has 1 N–H and O–H groups in total. The predicted octanol–water partition coefficient (Wildman–Crippen LogP) is 5.90. The summed E-state index contributed by atoms with van der Waals surface area (Å²) < 4.78 is 44.7. The summed E-state index contributed by atoms with van der Waals surface area (Å²) in [5.74, 6) is -0.434. The zero-order chi connectivity index (χ0) is 24.1. The van der Waals surface area contributed by atoms with Gasteiger partial charge in [-0.05, 0) is 61.4 Å². The fourth-order valence-electron chi connectivity index (χ4n) is 6.43. The van der Waals surface area contributed by atoms with E-state index in [1.54, 1.807) is 30.4 Å². The number of esters is 1. The van der Waals surface area contributed by atoms with Crippen molar-refractivity contribution < 1.29 is 27.8 Å². The third-order valence-electron chi connectivity index (χ3n) is 7.97. The van der Waals surface area contributed by atoms with Gasteiger partial charge in [-0.2, -0.15) is 13.2 Å². The van der Waals surface area contributed by atoms with Gasteiger partial charge in [-0.3, -0.25) is 9.78 Å². The maximum absolute atomic E-state index is 13.0. The molecule has 5 rings (SSSR count). The summed E-state index contributed by atoms with van der Waals surface area (Å²) in [5.41, 5.74) is -0.257. The Balaban J connectivity index is 1.42. The molecule has 180 valence electrons. The molecule has 1 saturated heterocycles. The summed E-state index contributed by atoms with van der Waals surface area (Å²) in [6.45, 7) is 1.85. The van der Waals surface area contributed by atoms with Crippen LogP contribution in [-0.2, 0) is 15.7 Å². The number of cyclic esters (lactones) is 1. The van der Waals surface area contributed by atoms with Crippen LogP contribution in [0.15, 0.2) is 48.7 Å². The summed E-state index contributed by atoms with van der Waals surface area (Å²) >= 11 is 0. The van der Waals surface area contributed by atoms with Crippen LogP contribution in [0.5, 0.6) is 0 Å². The number of fused-ring (bicyclic) bond motifs is 2. The van der Waals surface area contributed by atoms with Gasteiger partial charge in [-0.15, -0.1) is 0 Å². The van der Waals surface area contributed by atoms with Gasteiger partial charge in [0.1, 0.15) is 6.10 Å². The van der Waals surface area contributed by atoms with E-state index in [-0.39, 0.29) is 29.8 Å². The highest BCUT2D eigenvalue weighted by Crippen LogP contribution is 2.55. The van der Waals surface area contributed by atoms with Gasteiger partial charge in [-0.1, -0.05) is 43.5 Å². The van der Waals surface area contributed by atoms with E-state index in [9.17, 15) is 23.1 Å². The molecule has 1 aliphatic heterocycles. The van der Waals surface area contributed by atoms with E-state index in [2.05, 4.69) is 4.98 Å². The molecular formula is C27H28F3NO3. The second-order valence-corrected chi connectivity index (χ2v) is 9.93. The van der Waals surface area contributed by atoms with Gasteiger partial charge in [0, 0.05) is 17.7 Å². The van der Waals surface area contributed by atoms with Crippen LogP contribution < -0.4 is 0 Å². The molecule has 7 heteroatoms. The smallest absolute Gasteiger partial charge is 0.416 e. The maximum Gasteiger partial charge on any atom is 0.416 e. The third-order valence-corrected chi connectivity index (χ3v) is 7.97. The molecule has 34 heavy (non-hydrogen) atoms. The topological polar surface area (TPSA) is 59.4 Å². The molecule has 1 aromatic heterocycles. The Bertz CT molecular complexity index is 1100. The van der Waals surface area contributed by atoms with Crippen LogP contribution in [-0.4, -0.2) is 27.8 Å². The molecule has 0 radical (unpaired) electrons. The first-order valence-electron chi connectivity index (χ1n) is 11.9. The maximum atomic E-state index is 13.0. The lowest BCUT2D eigenvalue weighted by Gasteiger charge is -2.51. The molecule has 2 saturated carbocycles. The Morgan fingerprint density at radius 1 is 1.15 bits per heavy atom. The molecule has 2 aliphatic carbocycles. The van der Waals surface area contributed by atoms with Gasteiger partial charge >= 0.3 is 12.1 Å². The summed E-state index contributed by atoms with van der Waals surface area (Å²) in [5, 5.41) is 12.0. The number of ether oxygens (including phenoxy) is 1. The molecule has 5 unspecified atom stereocenters. The Morgan fingerprint density at radius 3 is 2.68 bits per heavy atom. The molecule has 0 spiro atoms. The van der Waals surface area contributed by atoms with Crippen molar-refractivity contribution >= 4 is 12.0 Å². The van der Waals surface area contributed by atoms with Gasteiger partial charge in [0.25, 0.3) is 0 Å². The molecule has 4 nitrogen and oxygen atoms in total. The zero-order valence-corrected chi connectivity index (χ0v) is 19.0. The van der Waals surface area contributed by atoms with E-state index in [0.717, 1.165) is 44.2 Å². The number of rotatable bonds is 3. The van der Waals surface area contributed by atoms with Crippen molar-refractivity contribution in [2.24, 2.45) is 23.7 Å². The largest absolute Gasteiger partial charge is 0.462 e. The van der Waals surface area contributed by atoms with Gasteiger partial charge in [0.2, 0.25) is 0 Å². The number of halogens is 3. The van der Waals surface area contributed by atoms with Crippen LogP contribution in [0.1, 0.15) is 50.3 Å². The highest BCUT2D eigenvalue weighted by Gasteiger charge is 2.61. The first kappa shape index (κ1) is 23.1. The first-order chi connectivity index (χ1) is 16.2. The SMILES string of the molecule is C[C@H]1OC(=O)C2CC3CCCCC3C(O)(/C=C/c3ccc(-c4cccc(C(F)(F)F)c4)cn3)C21. The highest BCUT2D eigenvalue weighted by atomic mass is 19.4. The van der Waals surface area contributed by atoms with Crippen molar-refractivity contribution in [2.75, 3.05) is 0 Å². The second-order valence-electron chi connectivity index (χ2n) is 9.93. The number of nitrogens with zero attached hydrogens (tertiary/aromatic N) is 1. The van der Waals surface area contributed by atoms with Crippen molar-refractivity contribution in [2.45, 2.75) is 56.9 Å². The van der Waals surface area contributed by atoms with Crippen LogP contribution in [0.4, 0.5) is 13.2 Å². The molecular weight excluding hydrogens is 443 g/mol. The fourth-order valence-corrected chi connectivity index (χ4v) is 6.43. The van der Waals surface area contributed by atoms with E-state index in [1.165, 1.54) is 12.3 Å². The summed E-state index contributed by atoms with van der Waals surface area (Å²) in [4.78, 5) is 16.9. The summed E-state index contributed by atoms with van der Waals surface area (Å²) in [6.07, 6.45) is 5.20. The molecule has 6 atom stereocenters. The normalized spacial score (nSPS) is 33.4. The molecule has 3 fully saturated rings. The van der Waals surface area contributed by atoms with Crippen LogP contribution in [0.25, 0.3) is 17.2 Å².